The van der Waals surface area contributed by atoms with Gasteiger partial charge in [0.1, 0.15) is 0 Å². The van der Waals surface area contributed by atoms with E-state index in [9.17, 15) is 9.59 Å². The number of halogens is 1. The van der Waals surface area contributed by atoms with Crippen molar-refractivity contribution in [2.24, 2.45) is 5.92 Å². The largest absolute Gasteiger partial charge is 0.366 e. The molecule has 1 aliphatic heterocycles. The summed E-state index contributed by atoms with van der Waals surface area (Å²) in [6, 6.07) is 3.75. The Morgan fingerprint density at radius 2 is 2.25 bits per heavy atom. The van der Waals surface area contributed by atoms with E-state index in [2.05, 4.69) is 10.3 Å². The van der Waals surface area contributed by atoms with E-state index >= 15 is 0 Å². The van der Waals surface area contributed by atoms with Gasteiger partial charge in [-0.3, -0.25) is 9.59 Å². The molecule has 2 amide bonds. The van der Waals surface area contributed by atoms with Gasteiger partial charge in [0.05, 0.1) is 15.8 Å². The van der Waals surface area contributed by atoms with Gasteiger partial charge in [0, 0.05) is 42.5 Å². The Morgan fingerprint density at radius 3 is 2.96 bits per heavy atom. The number of carbonyl (C=O) groups is 2. The minimum absolute atomic E-state index is 0.0364. The lowest BCUT2D eigenvalue weighted by atomic mass is 9.96. The fourth-order valence-corrected chi connectivity index (χ4v) is 4.14. The molecule has 3 heterocycles. The molecule has 5 nitrogen and oxygen atoms in total. The number of likely N-dealkylation sites (tertiary alicyclic amines) is 1. The third-order valence-corrected chi connectivity index (χ3v) is 5.51. The zero-order valence-corrected chi connectivity index (χ0v) is 15.0. The number of carbonyl (C=O) groups excluding carboxylic acids is 2. The number of aromatic amines is 1. The third kappa shape index (κ3) is 3.49. The second-order valence-corrected chi connectivity index (χ2v) is 7.59. The smallest absolute Gasteiger partial charge is 0.256 e. The number of hydrogen-bond donors (Lipinski definition) is 2. The summed E-state index contributed by atoms with van der Waals surface area (Å²) < 4.78 is 0.693. The molecule has 0 radical (unpaired) electrons. The molecular formula is C17H20ClN3O2S. The number of amides is 2. The molecule has 24 heavy (non-hydrogen) atoms. The average Bonchev–Trinajstić information content (AvgIpc) is 3.23. The summed E-state index contributed by atoms with van der Waals surface area (Å²) in [4.78, 5) is 30.8. The summed E-state index contributed by atoms with van der Waals surface area (Å²) in [6.07, 6.45) is 5.22. The van der Waals surface area contributed by atoms with Crippen LogP contribution in [0.3, 0.4) is 0 Å². The maximum atomic E-state index is 12.9. The van der Waals surface area contributed by atoms with Gasteiger partial charge in [-0.15, -0.1) is 11.3 Å². The molecule has 0 spiro atoms. The summed E-state index contributed by atoms with van der Waals surface area (Å²) in [5, 5.41) is 2.85. The minimum atomic E-state index is -0.124. The Labute approximate surface area is 150 Å². The van der Waals surface area contributed by atoms with Gasteiger partial charge >= 0.3 is 0 Å². The van der Waals surface area contributed by atoms with Crippen LogP contribution in [0, 0.1) is 5.92 Å². The van der Waals surface area contributed by atoms with Gasteiger partial charge < -0.3 is 15.2 Å². The SMILES string of the molecule is CCNC(=O)[C@H]1CCCN(C(=O)c2c[nH]cc2-c2ccc(Cl)s2)C1. The van der Waals surface area contributed by atoms with Gasteiger partial charge in [-0.2, -0.15) is 0 Å². The number of piperidine rings is 1. The van der Waals surface area contributed by atoms with E-state index in [0.29, 0.717) is 29.5 Å². The summed E-state index contributed by atoms with van der Waals surface area (Å²) in [5.74, 6) is -0.125. The highest BCUT2D eigenvalue weighted by atomic mass is 35.5. The van der Waals surface area contributed by atoms with E-state index < -0.39 is 0 Å². The molecule has 128 valence electrons. The van der Waals surface area contributed by atoms with Crippen molar-refractivity contribution in [3.8, 4) is 10.4 Å². The molecule has 3 rings (SSSR count). The van der Waals surface area contributed by atoms with Gasteiger partial charge in [-0.05, 0) is 31.9 Å². The van der Waals surface area contributed by atoms with Crippen molar-refractivity contribution in [1.82, 2.24) is 15.2 Å². The van der Waals surface area contributed by atoms with Crippen LogP contribution in [0.4, 0.5) is 0 Å². The number of H-pyrrole nitrogens is 1. The Morgan fingerprint density at radius 1 is 1.42 bits per heavy atom. The van der Waals surface area contributed by atoms with Crippen molar-refractivity contribution >= 4 is 34.8 Å². The molecule has 0 bridgehead atoms. The lowest BCUT2D eigenvalue weighted by Crippen LogP contribution is -2.45. The maximum absolute atomic E-state index is 12.9. The highest BCUT2D eigenvalue weighted by Gasteiger charge is 2.30. The lowest BCUT2D eigenvalue weighted by molar-refractivity contribution is -0.126. The minimum Gasteiger partial charge on any atom is -0.366 e. The van der Waals surface area contributed by atoms with Crippen LogP contribution < -0.4 is 5.32 Å². The molecule has 1 atom stereocenters. The number of rotatable bonds is 4. The highest BCUT2D eigenvalue weighted by Crippen LogP contribution is 2.34. The first-order valence-corrected chi connectivity index (χ1v) is 9.29. The van der Waals surface area contributed by atoms with Crippen molar-refractivity contribution in [3.05, 3.63) is 34.4 Å². The number of nitrogens with zero attached hydrogens (tertiary/aromatic N) is 1. The fourth-order valence-electron chi connectivity index (χ4n) is 3.07. The van der Waals surface area contributed by atoms with Gasteiger partial charge in [0.25, 0.3) is 5.91 Å². The van der Waals surface area contributed by atoms with Crippen LogP contribution >= 0.6 is 22.9 Å². The van der Waals surface area contributed by atoms with E-state index in [4.69, 9.17) is 11.6 Å². The van der Waals surface area contributed by atoms with Crippen LogP contribution in [-0.2, 0) is 4.79 Å². The first-order chi connectivity index (χ1) is 11.6. The number of thiophene rings is 1. The molecule has 1 aliphatic rings. The standard InChI is InChI=1S/C17H20ClN3O2S/c1-2-20-16(22)11-4-3-7-21(10-11)17(23)13-9-19-8-12(13)14-5-6-15(18)24-14/h5-6,8-9,11,19H,2-4,7,10H2,1H3,(H,20,22)/t11-/m0/s1. The van der Waals surface area contributed by atoms with E-state index in [-0.39, 0.29) is 17.7 Å². The summed E-state index contributed by atoms with van der Waals surface area (Å²) >= 11 is 7.46. The van der Waals surface area contributed by atoms with Gasteiger partial charge in [-0.1, -0.05) is 11.6 Å². The average molecular weight is 366 g/mol. The van der Waals surface area contributed by atoms with Crippen LogP contribution in [0.1, 0.15) is 30.1 Å². The van der Waals surface area contributed by atoms with E-state index in [1.165, 1.54) is 11.3 Å². The quantitative estimate of drug-likeness (QED) is 0.872. The summed E-state index contributed by atoms with van der Waals surface area (Å²) in [7, 11) is 0. The predicted molar refractivity (Wildman–Crippen MR) is 96.4 cm³/mol. The van der Waals surface area contributed by atoms with Crippen molar-refractivity contribution in [1.29, 1.82) is 0 Å². The second-order valence-electron chi connectivity index (χ2n) is 5.87. The zero-order valence-electron chi connectivity index (χ0n) is 13.5. The van der Waals surface area contributed by atoms with E-state index in [1.807, 2.05) is 25.3 Å². The molecule has 1 fully saturated rings. The van der Waals surface area contributed by atoms with Crippen LogP contribution in [0.15, 0.2) is 24.5 Å². The van der Waals surface area contributed by atoms with Crippen molar-refractivity contribution in [2.75, 3.05) is 19.6 Å². The second kappa shape index (κ2) is 7.40. The van der Waals surface area contributed by atoms with Crippen molar-refractivity contribution < 1.29 is 9.59 Å². The lowest BCUT2D eigenvalue weighted by Gasteiger charge is -2.32. The Bertz CT molecular complexity index is 740. The summed E-state index contributed by atoms with van der Waals surface area (Å²) in [5.41, 5.74) is 1.49. The molecule has 1 saturated heterocycles. The van der Waals surface area contributed by atoms with Gasteiger partial charge in [0.15, 0.2) is 0 Å². The van der Waals surface area contributed by atoms with Crippen molar-refractivity contribution in [2.45, 2.75) is 19.8 Å². The Kier molecular flexibility index (Phi) is 5.26. The molecule has 2 N–H and O–H groups in total. The van der Waals surface area contributed by atoms with Crippen LogP contribution in [0.5, 0.6) is 0 Å². The number of nitrogens with one attached hydrogen (secondary N) is 2. The molecular weight excluding hydrogens is 346 g/mol. The van der Waals surface area contributed by atoms with Crippen LogP contribution in [0.2, 0.25) is 4.34 Å². The molecule has 2 aromatic heterocycles. The van der Waals surface area contributed by atoms with Gasteiger partial charge in [0.2, 0.25) is 5.91 Å². The monoisotopic (exact) mass is 365 g/mol. The molecule has 0 unspecified atom stereocenters. The van der Waals surface area contributed by atoms with E-state index in [0.717, 1.165) is 23.3 Å². The first kappa shape index (κ1) is 17.0. The fraction of sp³-hybridized carbons (Fsp3) is 0.412. The topological polar surface area (TPSA) is 65.2 Å². The Hall–Kier alpha value is -1.79. The first-order valence-electron chi connectivity index (χ1n) is 8.09. The molecule has 0 aromatic carbocycles. The number of hydrogen-bond acceptors (Lipinski definition) is 3. The molecule has 2 aromatic rings. The normalized spacial score (nSPS) is 17.8. The predicted octanol–water partition coefficient (Wildman–Crippen LogP) is 3.38. The van der Waals surface area contributed by atoms with Crippen LogP contribution in [-0.4, -0.2) is 41.3 Å². The van der Waals surface area contributed by atoms with E-state index in [1.54, 1.807) is 11.1 Å². The van der Waals surface area contributed by atoms with Crippen LogP contribution in [0.25, 0.3) is 10.4 Å². The Balaban J connectivity index is 1.77. The molecule has 7 heteroatoms. The molecule has 0 aliphatic carbocycles. The molecule has 0 saturated carbocycles. The highest BCUT2D eigenvalue weighted by molar-refractivity contribution is 7.19. The zero-order chi connectivity index (χ0) is 17.1. The van der Waals surface area contributed by atoms with Gasteiger partial charge in [-0.25, -0.2) is 0 Å². The number of aromatic nitrogens is 1. The maximum Gasteiger partial charge on any atom is 0.256 e. The van der Waals surface area contributed by atoms with Crippen molar-refractivity contribution in [3.63, 3.8) is 0 Å². The third-order valence-electron chi connectivity index (χ3n) is 4.24. The summed E-state index contributed by atoms with van der Waals surface area (Å²) in [6.45, 7) is 3.68.